The molecule has 0 radical (unpaired) electrons. The van der Waals surface area contributed by atoms with Crippen molar-refractivity contribution >= 4 is 17.6 Å². The standard InChI is InChI=1S/C13H20ClN3O2/c1-8-11(12(14)17(2)16-8)7-15-10-5-3-4-9(6-10)13(18)19/h9-10,15H,3-7H2,1-2H3,(H,18,19). The van der Waals surface area contributed by atoms with Gasteiger partial charge >= 0.3 is 5.97 Å². The highest BCUT2D eigenvalue weighted by Gasteiger charge is 2.26. The number of carboxylic acids is 1. The molecule has 5 nitrogen and oxygen atoms in total. The van der Waals surface area contributed by atoms with E-state index in [0.717, 1.165) is 30.5 Å². The molecule has 1 aromatic rings. The molecule has 0 bridgehead atoms. The first-order valence-electron chi connectivity index (χ1n) is 6.63. The number of carboxylic acid groups (broad SMARTS) is 1. The molecule has 0 amide bonds. The van der Waals surface area contributed by atoms with Gasteiger partial charge in [-0.05, 0) is 26.2 Å². The van der Waals surface area contributed by atoms with Gasteiger partial charge in [0.05, 0.1) is 11.6 Å². The van der Waals surface area contributed by atoms with E-state index in [-0.39, 0.29) is 12.0 Å². The zero-order chi connectivity index (χ0) is 14.0. The Kier molecular flexibility index (Phi) is 4.47. The van der Waals surface area contributed by atoms with Crippen LogP contribution in [0.1, 0.15) is 36.9 Å². The fraction of sp³-hybridized carbons (Fsp3) is 0.692. The largest absolute Gasteiger partial charge is 0.481 e. The second kappa shape index (κ2) is 5.92. The third kappa shape index (κ3) is 3.28. The molecule has 1 aliphatic rings. The number of aliphatic carboxylic acids is 1. The van der Waals surface area contributed by atoms with E-state index in [4.69, 9.17) is 16.7 Å². The zero-order valence-electron chi connectivity index (χ0n) is 11.3. The van der Waals surface area contributed by atoms with Gasteiger partial charge in [-0.3, -0.25) is 9.48 Å². The van der Waals surface area contributed by atoms with Gasteiger partial charge in [0.15, 0.2) is 0 Å². The summed E-state index contributed by atoms with van der Waals surface area (Å²) >= 11 is 6.18. The Balaban J connectivity index is 1.93. The molecule has 0 aliphatic heterocycles. The molecular weight excluding hydrogens is 266 g/mol. The van der Waals surface area contributed by atoms with Crippen molar-refractivity contribution in [3.8, 4) is 0 Å². The molecule has 1 aromatic heterocycles. The predicted octanol–water partition coefficient (Wildman–Crippen LogP) is 2.11. The summed E-state index contributed by atoms with van der Waals surface area (Å²) in [5, 5.41) is 17.4. The van der Waals surface area contributed by atoms with E-state index in [1.54, 1.807) is 4.68 Å². The van der Waals surface area contributed by atoms with Crippen LogP contribution >= 0.6 is 11.6 Å². The zero-order valence-corrected chi connectivity index (χ0v) is 12.1. The fourth-order valence-electron chi connectivity index (χ4n) is 2.72. The predicted molar refractivity (Wildman–Crippen MR) is 73.2 cm³/mol. The summed E-state index contributed by atoms with van der Waals surface area (Å²) in [7, 11) is 1.82. The molecule has 6 heteroatoms. The van der Waals surface area contributed by atoms with E-state index in [9.17, 15) is 4.79 Å². The fourth-order valence-corrected chi connectivity index (χ4v) is 2.96. The average molecular weight is 286 g/mol. The number of carbonyl (C=O) groups is 1. The van der Waals surface area contributed by atoms with Crippen molar-refractivity contribution in [1.82, 2.24) is 15.1 Å². The van der Waals surface area contributed by atoms with Crippen LogP contribution in [0, 0.1) is 12.8 Å². The van der Waals surface area contributed by atoms with Crippen molar-refractivity contribution in [2.24, 2.45) is 13.0 Å². The first-order chi connectivity index (χ1) is 8.99. The second-order valence-electron chi connectivity index (χ2n) is 5.26. The van der Waals surface area contributed by atoms with Crippen LogP contribution in [0.15, 0.2) is 0 Å². The molecule has 2 unspecified atom stereocenters. The first kappa shape index (κ1) is 14.3. The van der Waals surface area contributed by atoms with Gasteiger partial charge in [0.2, 0.25) is 0 Å². The number of halogens is 1. The van der Waals surface area contributed by atoms with Crippen molar-refractivity contribution in [2.45, 2.75) is 45.2 Å². The van der Waals surface area contributed by atoms with E-state index < -0.39 is 5.97 Å². The summed E-state index contributed by atoms with van der Waals surface area (Å²) in [6, 6.07) is 0.255. The number of aryl methyl sites for hydroxylation is 2. The lowest BCUT2D eigenvalue weighted by Gasteiger charge is -2.27. The van der Waals surface area contributed by atoms with Gasteiger partial charge in [0.25, 0.3) is 0 Å². The average Bonchev–Trinajstić information content (AvgIpc) is 2.61. The molecule has 106 valence electrons. The maximum absolute atomic E-state index is 11.0. The molecule has 1 saturated carbocycles. The van der Waals surface area contributed by atoms with Gasteiger partial charge in [-0.25, -0.2) is 0 Å². The van der Waals surface area contributed by atoms with Crippen LogP contribution in [-0.2, 0) is 18.4 Å². The molecule has 2 N–H and O–H groups in total. The van der Waals surface area contributed by atoms with Gasteiger partial charge in [0, 0.05) is 25.2 Å². The molecule has 2 atom stereocenters. The number of hydrogen-bond donors (Lipinski definition) is 2. The normalized spacial score (nSPS) is 23.5. The minimum Gasteiger partial charge on any atom is -0.481 e. The minimum absolute atomic E-state index is 0.211. The van der Waals surface area contributed by atoms with E-state index in [1.807, 2.05) is 14.0 Å². The summed E-state index contributed by atoms with van der Waals surface area (Å²) in [5.41, 5.74) is 1.92. The quantitative estimate of drug-likeness (QED) is 0.889. The van der Waals surface area contributed by atoms with Crippen molar-refractivity contribution in [3.05, 3.63) is 16.4 Å². The number of nitrogens with one attached hydrogen (secondary N) is 1. The third-order valence-electron chi connectivity index (χ3n) is 3.86. The van der Waals surface area contributed by atoms with Crippen LogP contribution in [0.5, 0.6) is 0 Å². The van der Waals surface area contributed by atoms with Gasteiger partial charge < -0.3 is 10.4 Å². The maximum Gasteiger partial charge on any atom is 0.306 e. The summed E-state index contributed by atoms with van der Waals surface area (Å²) in [5.74, 6) is -0.890. The van der Waals surface area contributed by atoms with Gasteiger partial charge in [-0.1, -0.05) is 18.0 Å². The van der Waals surface area contributed by atoms with Crippen LogP contribution in [0.3, 0.4) is 0 Å². The van der Waals surface area contributed by atoms with Crippen LogP contribution in [0.25, 0.3) is 0 Å². The lowest BCUT2D eigenvalue weighted by molar-refractivity contribution is -0.143. The Hall–Kier alpha value is -1.07. The SMILES string of the molecule is Cc1nn(C)c(Cl)c1CNC1CCCC(C(=O)O)C1. The van der Waals surface area contributed by atoms with E-state index in [1.165, 1.54) is 0 Å². The molecular formula is C13H20ClN3O2. The van der Waals surface area contributed by atoms with Crippen molar-refractivity contribution < 1.29 is 9.90 Å². The molecule has 1 aliphatic carbocycles. The van der Waals surface area contributed by atoms with Crippen molar-refractivity contribution in [1.29, 1.82) is 0 Å². The number of nitrogens with zero attached hydrogens (tertiary/aromatic N) is 2. The van der Waals surface area contributed by atoms with Crippen molar-refractivity contribution in [3.63, 3.8) is 0 Å². The van der Waals surface area contributed by atoms with E-state index in [0.29, 0.717) is 18.1 Å². The highest BCUT2D eigenvalue weighted by molar-refractivity contribution is 6.30. The highest BCUT2D eigenvalue weighted by Crippen LogP contribution is 2.25. The molecule has 1 heterocycles. The lowest BCUT2D eigenvalue weighted by Crippen LogP contribution is -2.36. The van der Waals surface area contributed by atoms with Gasteiger partial charge in [0.1, 0.15) is 5.15 Å². The number of aromatic nitrogens is 2. The Morgan fingerprint density at radius 1 is 1.58 bits per heavy atom. The Morgan fingerprint density at radius 3 is 2.89 bits per heavy atom. The molecule has 0 aromatic carbocycles. The first-order valence-corrected chi connectivity index (χ1v) is 7.01. The summed E-state index contributed by atoms with van der Waals surface area (Å²) in [6.45, 7) is 2.58. The Bertz CT molecular complexity index is 473. The topological polar surface area (TPSA) is 67.2 Å². The van der Waals surface area contributed by atoms with Crippen LogP contribution in [0.2, 0.25) is 5.15 Å². The summed E-state index contributed by atoms with van der Waals surface area (Å²) in [4.78, 5) is 11.0. The Morgan fingerprint density at radius 2 is 2.32 bits per heavy atom. The second-order valence-corrected chi connectivity index (χ2v) is 5.62. The molecule has 19 heavy (non-hydrogen) atoms. The van der Waals surface area contributed by atoms with Crippen LogP contribution in [-0.4, -0.2) is 26.9 Å². The van der Waals surface area contributed by atoms with E-state index >= 15 is 0 Å². The van der Waals surface area contributed by atoms with E-state index in [2.05, 4.69) is 10.4 Å². The van der Waals surface area contributed by atoms with Gasteiger partial charge in [-0.2, -0.15) is 5.10 Å². The monoisotopic (exact) mass is 285 g/mol. The summed E-state index contributed by atoms with van der Waals surface area (Å²) in [6.07, 6.45) is 3.49. The Labute approximate surface area is 117 Å². The maximum atomic E-state index is 11.0. The number of rotatable bonds is 4. The smallest absolute Gasteiger partial charge is 0.306 e. The highest BCUT2D eigenvalue weighted by atomic mass is 35.5. The molecule has 2 rings (SSSR count). The minimum atomic E-state index is -0.679. The van der Waals surface area contributed by atoms with Gasteiger partial charge in [-0.15, -0.1) is 0 Å². The van der Waals surface area contributed by atoms with Crippen LogP contribution in [0.4, 0.5) is 0 Å². The molecule has 0 spiro atoms. The number of hydrogen-bond acceptors (Lipinski definition) is 3. The van der Waals surface area contributed by atoms with Crippen molar-refractivity contribution in [2.75, 3.05) is 0 Å². The third-order valence-corrected chi connectivity index (χ3v) is 4.33. The lowest BCUT2D eigenvalue weighted by atomic mass is 9.86. The molecule has 0 saturated heterocycles. The molecule has 1 fully saturated rings. The van der Waals surface area contributed by atoms with Crippen LogP contribution < -0.4 is 5.32 Å². The summed E-state index contributed by atoms with van der Waals surface area (Å²) < 4.78 is 1.66.